The summed E-state index contributed by atoms with van der Waals surface area (Å²) in [5.74, 6) is 0.305. The number of rotatable bonds is 9. The van der Waals surface area contributed by atoms with Gasteiger partial charge in [0, 0.05) is 25.2 Å². The Morgan fingerprint density at radius 3 is 2.52 bits per heavy atom. The van der Waals surface area contributed by atoms with Gasteiger partial charge in [-0.3, -0.25) is 9.59 Å². The smallest absolute Gasteiger partial charge is 0.299 e. The van der Waals surface area contributed by atoms with E-state index in [1.807, 2.05) is 41.9 Å². The molecule has 0 bridgehead atoms. The van der Waals surface area contributed by atoms with Gasteiger partial charge in [0.1, 0.15) is 11.6 Å². The van der Waals surface area contributed by atoms with Gasteiger partial charge < -0.3 is 0 Å². The molecule has 2 aromatic carbocycles. The molecule has 33 heavy (non-hydrogen) atoms. The molecule has 0 radical (unpaired) electrons. The van der Waals surface area contributed by atoms with Crippen LogP contribution in [0.2, 0.25) is 0 Å². The Bertz CT molecular complexity index is 1140. The Kier molecular flexibility index (Phi) is 6.84. The van der Waals surface area contributed by atoms with Crippen LogP contribution in [0.3, 0.4) is 0 Å². The van der Waals surface area contributed by atoms with Gasteiger partial charge in [-0.15, -0.1) is 0 Å². The highest BCUT2D eigenvalue weighted by Crippen LogP contribution is 2.36. The van der Waals surface area contributed by atoms with Gasteiger partial charge in [0.2, 0.25) is 0 Å². The summed E-state index contributed by atoms with van der Waals surface area (Å²) in [6.45, 7) is 1.90. The predicted octanol–water partition coefficient (Wildman–Crippen LogP) is 7.26. The van der Waals surface area contributed by atoms with Crippen LogP contribution >= 0.6 is 11.3 Å². The van der Waals surface area contributed by atoms with E-state index in [-0.39, 0.29) is 30.3 Å². The Labute approximate surface area is 195 Å². The second-order valence-corrected chi connectivity index (χ2v) is 9.63. The lowest BCUT2D eigenvalue weighted by molar-refractivity contribution is -0.137. The third-order valence-corrected chi connectivity index (χ3v) is 6.86. The summed E-state index contributed by atoms with van der Waals surface area (Å²) < 4.78 is 39.1. The van der Waals surface area contributed by atoms with Crippen molar-refractivity contribution in [3.63, 3.8) is 0 Å². The first-order chi connectivity index (χ1) is 15.7. The van der Waals surface area contributed by atoms with E-state index in [2.05, 4.69) is 0 Å². The van der Waals surface area contributed by atoms with Crippen molar-refractivity contribution in [2.75, 3.05) is 0 Å². The van der Waals surface area contributed by atoms with Crippen LogP contribution in [-0.2, 0) is 28.6 Å². The van der Waals surface area contributed by atoms with Gasteiger partial charge in [0.25, 0.3) is 0 Å². The largest absolute Gasteiger partial charge is 0.416 e. The van der Waals surface area contributed by atoms with Crippen molar-refractivity contribution in [3.8, 4) is 11.1 Å². The molecule has 1 aromatic heterocycles. The molecule has 1 aliphatic carbocycles. The molecule has 0 saturated heterocycles. The van der Waals surface area contributed by atoms with Gasteiger partial charge in [0.15, 0.2) is 0 Å². The van der Waals surface area contributed by atoms with Crippen LogP contribution in [0.25, 0.3) is 11.1 Å². The molecular weight excluding hydrogens is 445 g/mol. The summed E-state index contributed by atoms with van der Waals surface area (Å²) in [6, 6.07) is 12.7. The number of halogens is 3. The van der Waals surface area contributed by atoms with Gasteiger partial charge in [-0.2, -0.15) is 24.5 Å². The molecule has 172 valence electrons. The topological polar surface area (TPSA) is 34.1 Å². The van der Waals surface area contributed by atoms with Crippen LogP contribution < -0.4 is 0 Å². The minimum Gasteiger partial charge on any atom is -0.299 e. The number of carbonyl (C=O) groups is 2. The van der Waals surface area contributed by atoms with Gasteiger partial charge in [-0.05, 0) is 69.5 Å². The second kappa shape index (κ2) is 9.64. The number of hydrogen-bond donors (Lipinski definition) is 0. The minimum absolute atomic E-state index is 0.0760. The van der Waals surface area contributed by atoms with Crippen LogP contribution in [0.15, 0.2) is 59.3 Å². The fraction of sp³-hybridized carbons (Fsp3) is 0.333. The van der Waals surface area contributed by atoms with Gasteiger partial charge >= 0.3 is 6.18 Å². The molecule has 1 atom stereocenters. The standard InChI is InChI=1S/C27H25F3O2S/c1-17(26(32)13-18-5-6-18)20-7-8-25(21-9-10-33-16-21)22(14-20)15-24(31)12-19-3-2-4-23(11-19)27(28,29)30/h2-4,7-11,14,16-18H,5-6,12-13,15H2,1H3. The summed E-state index contributed by atoms with van der Waals surface area (Å²) in [7, 11) is 0. The summed E-state index contributed by atoms with van der Waals surface area (Å²) >= 11 is 1.55. The molecular formula is C27H25F3O2S. The van der Waals surface area contributed by atoms with E-state index in [0.29, 0.717) is 17.9 Å². The van der Waals surface area contributed by atoms with Crippen LogP contribution in [0.1, 0.15) is 54.4 Å². The second-order valence-electron chi connectivity index (χ2n) is 8.85. The third kappa shape index (κ3) is 5.99. The summed E-state index contributed by atoms with van der Waals surface area (Å²) in [5.41, 5.74) is 3.17. The molecule has 3 aromatic rings. The average molecular weight is 471 g/mol. The van der Waals surface area contributed by atoms with Crippen LogP contribution in [0.5, 0.6) is 0 Å². The summed E-state index contributed by atoms with van der Waals surface area (Å²) in [5, 5.41) is 3.96. The normalized spacial score (nSPS) is 14.8. The van der Waals surface area contributed by atoms with E-state index in [1.165, 1.54) is 6.07 Å². The number of ketones is 2. The molecule has 6 heteroatoms. The summed E-state index contributed by atoms with van der Waals surface area (Å²) in [4.78, 5) is 25.5. The number of Topliss-reactive ketones (excluding diaryl/α,β-unsaturated/α-hetero) is 2. The Morgan fingerprint density at radius 2 is 1.85 bits per heavy atom. The number of hydrogen-bond acceptors (Lipinski definition) is 3. The maximum atomic E-state index is 13.0. The molecule has 1 unspecified atom stereocenters. The lowest BCUT2D eigenvalue weighted by Crippen LogP contribution is -2.12. The van der Waals surface area contributed by atoms with Crippen molar-refractivity contribution >= 4 is 22.9 Å². The van der Waals surface area contributed by atoms with E-state index < -0.39 is 11.7 Å². The molecule has 0 amide bonds. The zero-order valence-electron chi connectivity index (χ0n) is 18.3. The molecule has 1 aliphatic rings. The fourth-order valence-corrected chi connectivity index (χ4v) is 4.71. The molecule has 0 aliphatic heterocycles. The van der Waals surface area contributed by atoms with E-state index in [4.69, 9.17) is 0 Å². The molecule has 0 spiro atoms. The van der Waals surface area contributed by atoms with Crippen LogP contribution in [-0.4, -0.2) is 11.6 Å². The average Bonchev–Trinajstić information content (AvgIpc) is 3.41. The van der Waals surface area contributed by atoms with Crippen molar-refractivity contribution in [2.45, 2.75) is 51.1 Å². The van der Waals surface area contributed by atoms with Crippen molar-refractivity contribution in [3.05, 3.63) is 81.5 Å². The van der Waals surface area contributed by atoms with Gasteiger partial charge in [-0.1, -0.05) is 43.3 Å². The first-order valence-corrected chi connectivity index (χ1v) is 12.0. The SMILES string of the molecule is CC(C(=O)CC1CC1)c1ccc(-c2ccsc2)c(CC(=O)Cc2cccc(C(F)(F)F)c2)c1. The van der Waals surface area contributed by atoms with Crippen molar-refractivity contribution in [1.29, 1.82) is 0 Å². The molecule has 1 heterocycles. The number of alkyl halides is 3. The molecule has 2 nitrogen and oxygen atoms in total. The number of benzene rings is 2. The van der Waals surface area contributed by atoms with Gasteiger partial charge in [-0.25, -0.2) is 0 Å². The molecule has 1 saturated carbocycles. The highest BCUT2D eigenvalue weighted by molar-refractivity contribution is 7.08. The molecule has 0 N–H and O–H groups in total. The Balaban J connectivity index is 1.56. The summed E-state index contributed by atoms with van der Waals surface area (Å²) in [6.07, 6.45) is -1.60. The van der Waals surface area contributed by atoms with E-state index >= 15 is 0 Å². The Morgan fingerprint density at radius 1 is 1.06 bits per heavy atom. The van der Waals surface area contributed by atoms with E-state index in [9.17, 15) is 22.8 Å². The molecule has 4 rings (SSSR count). The number of carbonyl (C=O) groups excluding carboxylic acids is 2. The van der Waals surface area contributed by atoms with Crippen molar-refractivity contribution < 1.29 is 22.8 Å². The zero-order valence-corrected chi connectivity index (χ0v) is 19.1. The van der Waals surface area contributed by atoms with Crippen molar-refractivity contribution in [1.82, 2.24) is 0 Å². The zero-order chi connectivity index (χ0) is 23.6. The highest BCUT2D eigenvalue weighted by Gasteiger charge is 2.30. The molecule has 1 fully saturated rings. The van der Waals surface area contributed by atoms with Crippen LogP contribution in [0, 0.1) is 5.92 Å². The maximum Gasteiger partial charge on any atom is 0.416 e. The van der Waals surface area contributed by atoms with Gasteiger partial charge in [0.05, 0.1) is 5.56 Å². The Hall–Kier alpha value is -2.73. The van der Waals surface area contributed by atoms with Crippen molar-refractivity contribution in [2.24, 2.45) is 5.92 Å². The fourth-order valence-electron chi connectivity index (χ4n) is 4.06. The third-order valence-electron chi connectivity index (χ3n) is 6.17. The first-order valence-electron chi connectivity index (χ1n) is 11.1. The number of thiophene rings is 1. The monoisotopic (exact) mass is 470 g/mol. The van der Waals surface area contributed by atoms with E-state index in [1.54, 1.807) is 17.4 Å². The minimum atomic E-state index is -4.44. The van der Waals surface area contributed by atoms with E-state index in [0.717, 1.165) is 47.2 Å². The predicted molar refractivity (Wildman–Crippen MR) is 124 cm³/mol. The quantitative estimate of drug-likeness (QED) is 0.330. The maximum absolute atomic E-state index is 13.0. The van der Waals surface area contributed by atoms with Crippen LogP contribution in [0.4, 0.5) is 13.2 Å². The lowest BCUT2D eigenvalue weighted by Gasteiger charge is -2.15. The first kappa shape index (κ1) is 23.4. The lowest BCUT2D eigenvalue weighted by atomic mass is 9.88. The highest BCUT2D eigenvalue weighted by atomic mass is 32.1.